The van der Waals surface area contributed by atoms with Gasteiger partial charge in [-0.15, -0.1) is 0 Å². The summed E-state index contributed by atoms with van der Waals surface area (Å²) in [5.41, 5.74) is 5.59. The highest BCUT2D eigenvalue weighted by Gasteiger charge is 2.40. The smallest absolute Gasteiger partial charge is 0.139 e. The van der Waals surface area contributed by atoms with Crippen LogP contribution in [0.25, 0.3) is 0 Å². The Morgan fingerprint density at radius 1 is 1.47 bits per heavy atom. The summed E-state index contributed by atoms with van der Waals surface area (Å²) in [7, 11) is 0. The first-order chi connectivity index (χ1) is 7.33. The van der Waals surface area contributed by atoms with Gasteiger partial charge in [-0.25, -0.2) is 0 Å². The van der Waals surface area contributed by atoms with Gasteiger partial charge in [0.2, 0.25) is 0 Å². The normalized spacial score (nSPS) is 30.7. The van der Waals surface area contributed by atoms with Crippen LogP contribution in [0.2, 0.25) is 0 Å². The zero-order valence-corrected chi connectivity index (χ0v) is 9.30. The number of ether oxygens (including phenoxy) is 1. The number of hydrogen-bond donors (Lipinski definition) is 2. The molecule has 82 valence electrons. The highest BCUT2D eigenvalue weighted by atomic mass is 32.1. The van der Waals surface area contributed by atoms with E-state index in [0.717, 1.165) is 23.9 Å². The van der Waals surface area contributed by atoms with E-state index in [1.807, 2.05) is 6.07 Å². The average molecular weight is 225 g/mol. The van der Waals surface area contributed by atoms with Crippen LogP contribution in [0.5, 0.6) is 0 Å². The van der Waals surface area contributed by atoms with Crippen LogP contribution in [-0.2, 0) is 4.74 Å². The molecule has 2 unspecified atom stereocenters. The third-order valence-electron chi connectivity index (χ3n) is 3.08. The maximum absolute atomic E-state index is 5.76. The first kappa shape index (κ1) is 9.42. The van der Waals surface area contributed by atoms with Crippen molar-refractivity contribution >= 4 is 22.4 Å². The zero-order valence-electron chi connectivity index (χ0n) is 8.48. The number of nitrogens with zero attached hydrogens (tertiary/aromatic N) is 1. The summed E-state index contributed by atoms with van der Waals surface area (Å²) >= 11 is 1.43. The molecule has 2 fully saturated rings. The SMILES string of the molecule is Nc1cc(NC2CCOC2C2CC2)sn1. The summed E-state index contributed by atoms with van der Waals surface area (Å²) in [5.74, 6) is 1.39. The number of nitrogens with two attached hydrogens (primary N) is 1. The van der Waals surface area contributed by atoms with Crippen molar-refractivity contribution in [3.05, 3.63) is 6.07 Å². The summed E-state index contributed by atoms with van der Waals surface area (Å²) in [6.45, 7) is 0.882. The van der Waals surface area contributed by atoms with Crippen molar-refractivity contribution in [3.8, 4) is 0 Å². The van der Waals surface area contributed by atoms with Crippen LogP contribution in [0.4, 0.5) is 10.8 Å². The minimum absolute atomic E-state index is 0.410. The molecule has 1 aliphatic heterocycles. The van der Waals surface area contributed by atoms with Gasteiger partial charge in [0, 0.05) is 12.7 Å². The fraction of sp³-hybridized carbons (Fsp3) is 0.700. The Morgan fingerprint density at radius 2 is 2.33 bits per heavy atom. The molecule has 0 bridgehead atoms. The molecule has 0 amide bonds. The van der Waals surface area contributed by atoms with Crippen molar-refractivity contribution in [2.24, 2.45) is 5.92 Å². The molecule has 2 heterocycles. The quantitative estimate of drug-likeness (QED) is 0.822. The lowest BCUT2D eigenvalue weighted by Crippen LogP contribution is -2.30. The van der Waals surface area contributed by atoms with Gasteiger partial charge in [-0.2, -0.15) is 4.37 Å². The van der Waals surface area contributed by atoms with Gasteiger partial charge in [-0.3, -0.25) is 0 Å². The van der Waals surface area contributed by atoms with E-state index in [2.05, 4.69) is 9.69 Å². The minimum Gasteiger partial charge on any atom is -0.383 e. The summed E-state index contributed by atoms with van der Waals surface area (Å²) < 4.78 is 9.82. The Labute approximate surface area is 93.0 Å². The molecular formula is C10H15N3OS. The van der Waals surface area contributed by atoms with E-state index in [9.17, 15) is 0 Å². The van der Waals surface area contributed by atoms with E-state index in [0.29, 0.717) is 18.0 Å². The summed E-state index contributed by atoms with van der Waals surface area (Å²) in [4.78, 5) is 0. The van der Waals surface area contributed by atoms with Crippen molar-refractivity contribution in [3.63, 3.8) is 0 Å². The van der Waals surface area contributed by atoms with Crippen molar-refractivity contribution in [2.45, 2.75) is 31.4 Å². The van der Waals surface area contributed by atoms with Crippen LogP contribution in [0.15, 0.2) is 6.07 Å². The second-order valence-corrected chi connectivity index (χ2v) is 5.13. The molecule has 3 N–H and O–H groups in total. The standard InChI is InChI=1S/C10H15N3OS/c11-8-5-9(15-13-8)12-7-3-4-14-10(7)6-1-2-6/h5-7,10,12H,1-4H2,(H2,11,13). The molecule has 0 spiro atoms. The maximum Gasteiger partial charge on any atom is 0.139 e. The molecule has 5 heteroatoms. The summed E-state index contributed by atoms with van der Waals surface area (Å²) in [6, 6.07) is 2.35. The molecule has 0 radical (unpaired) electrons. The lowest BCUT2D eigenvalue weighted by molar-refractivity contribution is 0.0899. The molecule has 1 saturated carbocycles. The van der Waals surface area contributed by atoms with Crippen molar-refractivity contribution in [1.29, 1.82) is 0 Å². The van der Waals surface area contributed by atoms with Crippen molar-refractivity contribution in [2.75, 3.05) is 17.7 Å². The minimum atomic E-state index is 0.410. The highest BCUT2D eigenvalue weighted by Crippen LogP contribution is 2.39. The topological polar surface area (TPSA) is 60.2 Å². The molecule has 1 aromatic heterocycles. The van der Waals surface area contributed by atoms with Gasteiger partial charge in [0.05, 0.1) is 12.1 Å². The molecule has 4 nitrogen and oxygen atoms in total. The van der Waals surface area contributed by atoms with E-state index >= 15 is 0 Å². The number of nitrogen functional groups attached to an aromatic ring is 1. The highest BCUT2D eigenvalue weighted by molar-refractivity contribution is 7.10. The zero-order chi connectivity index (χ0) is 10.3. The number of anilines is 2. The molecule has 3 rings (SSSR count). The van der Waals surface area contributed by atoms with Crippen LogP contribution in [0, 0.1) is 5.92 Å². The molecule has 0 aromatic carbocycles. The molecular weight excluding hydrogens is 210 g/mol. The maximum atomic E-state index is 5.76. The Hall–Kier alpha value is -0.810. The molecule has 2 atom stereocenters. The Balaban J connectivity index is 1.66. The predicted octanol–water partition coefficient (Wildman–Crippen LogP) is 1.70. The first-order valence-corrected chi connectivity index (χ1v) is 6.20. The lowest BCUT2D eigenvalue weighted by atomic mass is 10.1. The Morgan fingerprint density at radius 3 is 3.00 bits per heavy atom. The second-order valence-electron chi connectivity index (χ2n) is 4.33. The molecule has 2 aliphatic rings. The Bertz CT molecular complexity index is 350. The van der Waals surface area contributed by atoms with Crippen LogP contribution < -0.4 is 11.1 Å². The third-order valence-corrected chi connectivity index (χ3v) is 3.81. The molecule has 1 aromatic rings. The van der Waals surface area contributed by atoms with Gasteiger partial charge in [0.1, 0.15) is 10.8 Å². The van der Waals surface area contributed by atoms with Crippen LogP contribution in [-0.4, -0.2) is 23.1 Å². The Kier molecular flexibility index (Phi) is 2.29. The number of nitrogens with one attached hydrogen (secondary N) is 1. The van der Waals surface area contributed by atoms with Crippen LogP contribution in [0.3, 0.4) is 0 Å². The van der Waals surface area contributed by atoms with Gasteiger partial charge in [-0.1, -0.05) is 0 Å². The fourth-order valence-electron chi connectivity index (χ4n) is 2.19. The number of aromatic nitrogens is 1. The van der Waals surface area contributed by atoms with Gasteiger partial charge in [0.25, 0.3) is 0 Å². The molecule has 15 heavy (non-hydrogen) atoms. The molecule has 1 aliphatic carbocycles. The van der Waals surface area contributed by atoms with Gasteiger partial charge in [-0.05, 0) is 36.7 Å². The van der Waals surface area contributed by atoms with E-state index < -0.39 is 0 Å². The lowest BCUT2D eigenvalue weighted by Gasteiger charge is -2.18. The van der Waals surface area contributed by atoms with Gasteiger partial charge >= 0.3 is 0 Å². The average Bonchev–Trinajstić information content (AvgIpc) is 2.83. The van der Waals surface area contributed by atoms with Crippen LogP contribution in [0.1, 0.15) is 19.3 Å². The molecule has 1 saturated heterocycles. The van der Waals surface area contributed by atoms with Gasteiger partial charge < -0.3 is 15.8 Å². The monoisotopic (exact) mass is 225 g/mol. The third kappa shape index (κ3) is 1.94. The second kappa shape index (κ2) is 3.64. The first-order valence-electron chi connectivity index (χ1n) is 5.43. The van der Waals surface area contributed by atoms with Gasteiger partial charge in [0.15, 0.2) is 0 Å². The van der Waals surface area contributed by atoms with E-state index in [-0.39, 0.29) is 0 Å². The van der Waals surface area contributed by atoms with Crippen LogP contribution >= 0.6 is 11.5 Å². The number of rotatable bonds is 3. The van der Waals surface area contributed by atoms with E-state index in [1.54, 1.807) is 0 Å². The number of hydrogen-bond acceptors (Lipinski definition) is 5. The largest absolute Gasteiger partial charge is 0.383 e. The van der Waals surface area contributed by atoms with E-state index in [1.165, 1.54) is 24.4 Å². The van der Waals surface area contributed by atoms with Crippen molar-refractivity contribution < 1.29 is 4.74 Å². The fourth-order valence-corrected chi connectivity index (χ4v) is 2.83. The summed E-state index contributed by atoms with van der Waals surface area (Å²) in [5, 5.41) is 4.55. The summed E-state index contributed by atoms with van der Waals surface area (Å²) in [6.07, 6.45) is 4.16. The predicted molar refractivity (Wildman–Crippen MR) is 61.0 cm³/mol. The van der Waals surface area contributed by atoms with E-state index in [4.69, 9.17) is 10.5 Å². The van der Waals surface area contributed by atoms with Crippen molar-refractivity contribution in [1.82, 2.24) is 4.37 Å².